The fraction of sp³-hybridized carbons (Fsp3) is 0.647. The van der Waals surface area contributed by atoms with Crippen molar-refractivity contribution in [2.75, 3.05) is 26.8 Å². The number of rotatable bonds is 7. The Morgan fingerprint density at radius 2 is 2.04 bits per heavy atom. The van der Waals surface area contributed by atoms with Gasteiger partial charge in [-0.05, 0) is 38.8 Å². The van der Waals surface area contributed by atoms with Crippen LogP contribution in [0.1, 0.15) is 43.0 Å². The van der Waals surface area contributed by atoms with Gasteiger partial charge in [-0.25, -0.2) is 4.79 Å². The van der Waals surface area contributed by atoms with Gasteiger partial charge in [0.2, 0.25) is 5.76 Å². The lowest BCUT2D eigenvalue weighted by Crippen LogP contribution is -2.47. The van der Waals surface area contributed by atoms with Crippen molar-refractivity contribution in [3.05, 3.63) is 23.7 Å². The fourth-order valence-electron chi connectivity index (χ4n) is 2.74. The van der Waals surface area contributed by atoms with Gasteiger partial charge in [0, 0.05) is 32.3 Å². The quantitative estimate of drug-likeness (QED) is 0.760. The molecule has 24 heavy (non-hydrogen) atoms. The van der Waals surface area contributed by atoms with E-state index >= 15 is 0 Å². The summed E-state index contributed by atoms with van der Waals surface area (Å²) in [5.74, 6) is -0.331. The van der Waals surface area contributed by atoms with Gasteiger partial charge in [0.05, 0.1) is 0 Å². The zero-order valence-corrected chi connectivity index (χ0v) is 14.5. The number of amides is 1. The molecule has 1 aliphatic rings. The zero-order valence-electron chi connectivity index (χ0n) is 14.5. The van der Waals surface area contributed by atoms with Crippen molar-refractivity contribution >= 4 is 11.9 Å². The lowest BCUT2D eigenvalue weighted by atomic mass is 10.0. The van der Waals surface area contributed by atoms with Crippen molar-refractivity contribution in [3.8, 4) is 0 Å². The van der Waals surface area contributed by atoms with Gasteiger partial charge in [-0.3, -0.25) is 4.79 Å². The van der Waals surface area contributed by atoms with Gasteiger partial charge in [0.15, 0.2) is 6.61 Å². The number of furan rings is 1. The second kappa shape index (κ2) is 8.84. The summed E-state index contributed by atoms with van der Waals surface area (Å²) in [6.07, 6.45) is 1.83. The number of ether oxygens (including phenoxy) is 2. The minimum Gasteiger partial charge on any atom is -0.452 e. The standard InChI is InChI=1S/C17H26N2O5/c1-12(2)19-8-6-13(7-9-19)18-16(20)11-23-17(21)15-5-4-14(24-15)10-22-3/h4-5,12-13H,6-11H2,1-3H3,(H,18,20). The topological polar surface area (TPSA) is 81.0 Å². The van der Waals surface area contributed by atoms with E-state index in [0.717, 1.165) is 25.9 Å². The molecule has 0 bridgehead atoms. The Bertz CT molecular complexity index is 547. The molecule has 0 atom stereocenters. The second-order valence-corrected chi connectivity index (χ2v) is 6.25. The van der Waals surface area contributed by atoms with E-state index in [9.17, 15) is 9.59 Å². The summed E-state index contributed by atoms with van der Waals surface area (Å²) in [4.78, 5) is 26.1. The predicted molar refractivity (Wildman–Crippen MR) is 87.6 cm³/mol. The van der Waals surface area contributed by atoms with E-state index in [4.69, 9.17) is 13.9 Å². The number of piperidine rings is 1. The highest BCUT2D eigenvalue weighted by Gasteiger charge is 2.22. The lowest BCUT2D eigenvalue weighted by Gasteiger charge is -2.34. The van der Waals surface area contributed by atoms with E-state index in [-0.39, 0.29) is 30.9 Å². The van der Waals surface area contributed by atoms with Gasteiger partial charge in [-0.2, -0.15) is 0 Å². The Balaban J connectivity index is 1.70. The van der Waals surface area contributed by atoms with Crippen LogP contribution in [0, 0.1) is 0 Å². The highest BCUT2D eigenvalue weighted by atomic mass is 16.5. The zero-order chi connectivity index (χ0) is 17.5. The van der Waals surface area contributed by atoms with E-state index in [2.05, 4.69) is 24.1 Å². The molecule has 1 saturated heterocycles. The molecule has 2 heterocycles. The highest BCUT2D eigenvalue weighted by molar-refractivity contribution is 5.88. The molecule has 1 N–H and O–H groups in total. The number of likely N-dealkylation sites (tertiary alicyclic amines) is 1. The molecule has 134 valence electrons. The Hall–Kier alpha value is -1.86. The normalized spacial score (nSPS) is 16.3. The molecule has 1 amide bonds. The summed E-state index contributed by atoms with van der Waals surface area (Å²) in [5.41, 5.74) is 0. The number of carbonyl (C=O) groups excluding carboxylic acids is 2. The van der Waals surface area contributed by atoms with Crippen LogP contribution in [0.2, 0.25) is 0 Å². The second-order valence-electron chi connectivity index (χ2n) is 6.25. The number of carbonyl (C=O) groups is 2. The molecular weight excluding hydrogens is 312 g/mol. The van der Waals surface area contributed by atoms with Gasteiger partial charge in [-0.15, -0.1) is 0 Å². The molecule has 0 radical (unpaired) electrons. The average molecular weight is 338 g/mol. The summed E-state index contributed by atoms with van der Waals surface area (Å²) in [6, 6.07) is 3.82. The van der Waals surface area contributed by atoms with Crippen molar-refractivity contribution in [1.82, 2.24) is 10.2 Å². The Labute approximate surface area is 142 Å². The van der Waals surface area contributed by atoms with Gasteiger partial charge < -0.3 is 24.1 Å². The van der Waals surface area contributed by atoms with E-state index in [0.29, 0.717) is 11.8 Å². The summed E-state index contributed by atoms with van der Waals surface area (Å²) in [5, 5.41) is 2.92. The third-order valence-corrected chi connectivity index (χ3v) is 4.11. The van der Waals surface area contributed by atoms with E-state index < -0.39 is 5.97 Å². The third-order valence-electron chi connectivity index (χ3n) is 4.11. The maximum Gasteiger partial charge on any atom is 0.374 e. The van der Waals surface area contributed by atoms with Crippen LogP contribution >= 0.6 is 0 Å². The molecule has 1 fully saturated rings. The molecule has 0 spiro atoms. The van der Waals surface area contributed by atoms with Gasteiger partial charge in [0.1, 0.15) is 12.4 Å². The predicted octanol–water partition coefficient (Wildman–Crippen LogP) is 1.57. The SMILES string of the molecule is COCc1ccc(C(=O)OCC(=O)NC2CCN(C(C)C)CC2)o1. The van der Waals surface area contributed by atoms with E-state index in [1.54, 1.807) is 6.07 Å². The van der Waals surface area contributed by atoms with Crippen LogP contribution in [0.25, 0.3) is 0 Å². The van der Waals surface area contributed by atoms with Crippen LogP contribution in [0.3, 0.4) is 0 Å². The van der Waals surface area contributed by atoms with Crippen molar-refractivity contribution in [2.24, 2.45) is 0 Å². The molecule has 2 rings (SSSR count). The first-order chi connectivity index (χ1) is 11.5. The first-order valence-corrected chi connectivity index (χ1v) is 8.27. The first-order valence-electron chi connectivity index (χ1n) is 8.27. The minimum atomic E-state index is -0.651. The van der Waals surface area contributed by atoms with Crippen LogP contribution in [0.15, 0.2) is 16.5 Å². The molecule has 0 aromatic carbocycles. The van der Waals surface area contributed by atoms with Crippen LogP contribution < -0.4 is 5.32 Å². The third kappa shape index (κ3) is 5.35. The van der Waals surface area contributed by atoms with Crippen molar-refractivity contribution in [1.29, 1.82) is 0 Å². The molecule has 0 unspecified atom stereocenters. The number of nitrogens with zero attached hydrogens (tertiary/aromatic N) is 1. The number of esters is 1. The number of nitrogens with one attached hydrogen (secondary N) is 1. The lowest BCUT2D eigenvalue weighted by molar-refractivity contribution is -0.125. The number of hydrogen-bond donors (Lipinski definition) is 1. The molecular formula is C17H26N2O5. The maximum absolute atomic E-state index is 11.9. The van der Waals surface area contributed by atoms with Gasteiger partial charge in [0.25, 0.3) is 5.91 Å². The molecule has 1 aromatic rings. The molecule has 7 heteroatoms. The van der Waals surface area contributed by atoms with Gasteiger partial charge in [-0.1, -0.05) is 0 Å². The largest absolute Gasteiger partial charge is 0.452 e. The molecule has 0 saturated carbocycles. The van der Waals surface area contributed by atoms with Gasteiger partial charge >= 0.3 is 5.97 Å². The fourth-order valence-corrected chi connectivity index (χ4v) is 2.74. The maximum atomic E-state index is 11.9. The minimum absolute atomic E-state index is 0.0695. The average Bonchev–Trinajstić information content (AvgIpc) is 3.02. The van der Waals surface area contributed by atoms with Crippen LogP contribution in [-0.2, 0) is 20.9 Å². The van der Waals surface area contributed by atoms with Crippen LogP contribution in [0.4, 0.5) is 0 Å². The monoisotopic (exact) mass is 338 g/mol. The Morgan fingerprint density at radius 1 is 1.33 bits per heavy atom. The van der Waals surface area contributed by atoms with Crippen molar-refractivity contribution < 1.29 is 23.5 Å². The summed E-state index contributed by atoms with van der Waals surface area (Å²) >= 11 is 0. The summed E-state index contributed by atoms with van der Waals surface area (Å²) in [7, 11) is 1.54. The molecule has 7 nitrogen and oxygen atoms in total. The van der Waals surface area contributed by atoms with Crippen molar-refractivity contribution in [2.45, 2.75) is 45.4 Å². The first kappa shape index (κ1) is 18.5. The van der Waals surface area contributed by atoms with Crippen LogP contribution in [-0.4, -0.2) is 55.7 Å². The van der Waals surface area contributed by atoms with E-state index in [1.807, 2.05) is 0 Å². The van der Waals surface area contributed by atoms with E-state index in [1.165, 1.54) is 13.2 Å². The number of hydrogen-bond acceptors (Lipinski definition) is 6. The van der Waals surface area contributed by atoms with Crippen molar-refractivity contribution in [3.63, 3.8) is 0 Å². The molecule has 1 aromatic heterocycles. The summed E-state index contributed by atoms with van der Waals surface area (Å²) < 4.78 is 15.2. The van der Waals surface area contributed by atoms with Crippen LogP contribution in [0.5, 0.6) is 0 Å². The molecule has 0 aliphatic carbocycles. The highest BCUT2D eigenvalue weighted by Crippen LogP contribution is 2.13. The Morgan fingerprint density at radius 3 is 2.67 bits per heavy atom. The molecule has 1 aliphatic heterocycles. The Kier molecular flexibility index (Phi) is 6.81. The summed E-state index contributed by atoms with van der Waals surface area (Å²) in [6.45, 7) is 6.26. The number of methoxy groups -OCH3 is 1. The smallest absolute Gasteiger partial charge is 0.374 e.